The van der Waals surface area contributed by atoms with E-state index in [2.05, 4.69) is 148 Å². The molecule has 0 amide bonds. The van der Waals surface area contributed by atoms with Crippen molar-refractivity contribution in [2.45, 2.75) is 148 Å². The fourth-order valence-corrected chi connectivity index (χ4v) is 4.94. The van der Waals surface area contributed by atoms with Crippen LogP contribution in [-0.4, -0.2) is 37.0 Å². The highest BCUT2D eigenvalue weighted by atomic mass is 16.6. The van der Waals surface area contributed by atoms with Crippen molar-refractivity contribution in [1.82, 2.24) is 0 Å². The fraction of sp³-hybridized carbons (Fsp3) is 0.531. The first-order chi connectivity index (χ1) is 26.2. The summed E-state index contributed by atoms with van der Waals surface area (Å²) < 4.78 is 11.1. The summed E-state index contributed by atoms with van der Waals surface area (Å²) in [5.41, 5.74) is 0. The van der Waals surface area contributed by atoms with Crippen molar-refractivity contribution >= 4 is 5.97 Å². The third-order valence-corrected chi connectivity index (χ3v) is 7.97. The Morgan fingerprint density at radius 1 is 0.453 bits per heavy atom. The Morgan fingerprint density at radius 3 is 1.17 bits per heavy atom. The van der Waals surface area contributed by atoms with Crippen molar-refractivity contribution in [2.24, 2.45) is 0 Å². The number of esters is 1. The van der Waals surface area contributed by atoms with Crippen LogP contribution in [0.15, 0.2) is 134 Å². The molecule has 0 spiro atoms. The van der Waals surface area contributed by atoms with Crippen LogP contribution in [0.25, 0.3) is 0 Å². The quantitative estimate of drug-likeness (QED) is 0.0396. The Hall–Kier alpha value is -3.47. The van der Waals surface area contributed by atoms with Crippen LogP contribution in [0.5, 0.6) is 0 Å². The van der Waals surface area contributed by atoms with Crippen LogP contribution in [0.4, 0.5) is 0 Å². The van der Waals surface area contributed by atoms with Gasteiger partial charge >= 0.3 is 5.97 Å². The van der Waals surface area contributed by atoms with E-state index in [0.29, 0.717) is 13.0 Å². The molecule has 0 heterocycles. The highest BCUT2D eigenvalue weighted by Crippen LogP contribution is 2.08. The molecule has 0 rings (SSSR count). The Kier molecular flexibility index (Phi) is 41.8. The first kappa shape index (κ1) is 49.5. The Labute approximate surface area is 326 Å². The van der Waals surface area contributed by atoms with Crippen LogP contribution in [-0.2, 0) is 14.3 Å². The summed E-state index contributed by atoms with van der Waals surface area (Å²) in [4.78, 5) is 12.2. The Balaban J connectivity index is 3.66. The van der Waals surface area contributed by atoms with Crippen LogP contribution in [0, 0.1) is 0 Å². The number of allylic oxidation sites excluding steroid dienone is 22. The van der Waals surface area contributed by atoms with Gasteiger partial charge < -0.3 is 14.6 Å². The summed E-state index contributed by atoms with van der Waals surface area (Å²) >= 11 is 0. The molecule has 296 valence electrons. The zero-order valence-corrected chi connectivity index (χ0v) is 33.7. The molecule has 0 saturated carbocycles. The number of rotatable bonds is 36. The van der Waals surface area contributed by atoms with Crippen LogP contribution in [0.1, 0.15) is 142 Å². The summed E-state index contributed by atoms with van der Waals surface area (Å²) in [6.45, 7) is 4.98. The van der Waals surface area contributed by atoms with Crippen LogP contribution < -0.4 is 0 Å². The van der Waals surface area contributed by atoms with Gasteiger partial charge in [0.05, 0.1) is 13.2 Å². The summed E-state index contributed by atoms with van der Waals surface area (Å²) in [7, 11) is 0. The molecule has 0 radical (unpaired) electrons. The molecule has 0 fully saturated rings. The molecule has 4 nitrogen and oxygen atoms in total. The average Bonchev–Trinajstić information content (AvgIpc) is 3.16. The van der Waals surface area contributed by atoms with E-state index < -0.39 is 6.10 Å². The summed E-state index contributed by atoms with van der Waals surface area (Å²) in [5, 5.41) is 9.59. The minimum atomic E-state index is -0.582. The minimum Gasteiger partial charge on any atom is -0.457 e. The summed E-state index contributed by atoms with van der Waals surface area (Å²) in [5.74, 6) is -0.259. The Bertz CT molecular complexity index is 1130. The summed E-state index contributed by atoms with van der Waals surface area (Å²) in [6.07, 6.45) is 67.9. The third kappa shape index (κ3) is 42.8. The van der Waals surface area contributed by atoms with Gasteiger partial charge in [-0.25, -0.2) is 0 Å². The number of ether oxygens (including phenoxy) is 2. The van der Waals surface area contributed by atoms with Crippen molar-refractivity contribution in [3.8, 4) is 0 Å². The molecule has 0 bridgehead atoms. The van der Waals surface area contributed by atoms with Gasteiger partial charge in [0.25, 0.3) is 0 Å². The second-order valence-corrected chi connectivity index (χ2v) is 12.9. The lowest BCUT2D eigenvalue weighted by atomic mass is 10.1. The second kappa shape index (κ2) is 44.7. The van der Waals surface area contributed by atoms with Crippen molar-refractivity contribution < 1.29 is 19.4 Å². The zero-order chi connectivity index (χ0) is 38.4. The smallest absolute Gasteiger partial charge is 0.306 e. The minimum absolute atomic E-state index is 0.211. The topological polar surface area (TPSA) is 55.8 Å². The molecule has 1 N–H and O–H groups in total. The van der Waals surface area contributed by atoms with Gasteiger partial charge in [0, 0.05) is 13.0 Å². The standard InChI is InChI=1S/C49H76O4/c1-3-5-7-9-11-13-15-17-19-21-23-25-26-28-30-32-34-36-38-40-42-44-49(51)53-48(46-50)47-52-45-43-41-39-37-35-33-31-29-27-24-22-20-18-16-14-12-10-8-6-4-2/h5-8,11-14,17-20,23-25,27-28,30-31,33-34,36,48,50H,3-4,9-10,15-16,21-22,26,29,32,35,37-47H2,1-2H3/b7-5-,8-6-,13-11-,14-12-,19-17-,20-18-,25-23-,27-24-,30-28-,33-31-,36-34-. The summed E-state index contributed by atoms with van der Waals surface area (Å²) in [6, 6.07) is 0. The molecule has 0 aliphatic heterocycles. The van der Waals surface area contributed by atoms with Gasteiger partial charge in [-0.3, -0.25) is 4.79 Å². The van der Waals surface area contributed by atoms with Gasteiger partial charge in [0.1, 0.15) is 6.10 Å². The Morgan fingerprint density at radius 2 is 0.792 bits per heavy atom. The van der Waals surface area contributed by atoms with Crippen LogP contribution >= 0.6 is 0 Å². The van der Waals surface area contributed by atoms with Crippen molar-refractivity contribution in [2.75, 3.05) is 19.8 Å². The molecule has 0 aliphatic rings. The molecule has 1 atom stereocenters. The number of unbranched alkanes of at least 4 members (excludes halogenated alkanes) is 6. The van der Waals surface area contributed by atoms with E-state index in [9.17, 15) is 9.90 Å². The molecule has 0 aromatic heterocycles. The largest absolute Gasteiger partial charge is 0.457 e. The maximum absolute atomic E-state index is 12.2. The van der Waals surface area contributed by atoms with Gasteiger partial charge in [0.2, 0.25) is 0 Å². The number of aliphatic hydroxyl groups is 1. The number of aliphatic hydroxyl groups excluding tert-OH is 1. The van der Waals surface area contributed by atoms with E-state index in [1.54, 1.807) is 0 Å². The van der Waals surface area contributed by atoms with Crippen LogP contribution in [0.2, 0.25) is 0 Å². The van der Waals surface area contributed by atoms with Crippen molar-refractivity contribution in [3.05, 3.63) is 134 Å². The molecule has 53 heavy (non-hydrogen) atoms. The van der Waals surface area contributed by atoms with Gasteiger partial charge in [0.15, 0.2) is 0 Å². The van der Waals surface area contributed by atoms with Crippen LogP contribution in [0.3, 0.4) is 0 Å². The predicted octanol–water partition coefficient (Wildman–Crippen LogP) is 13.9. The molecule has 4 heteroatoms. The lowest BCUT2D eigenvalue weighted by Gasteiger charge is -2.15. The average molecular weight is 729 g/mol. The molecule has 0 aromatic carbocycles. The molecule has 0 aliphatic carbocycles. The first-order valence-electron chi connectivity index (χ1n) is 20.8. The molecular weight excluding hydrogens is 653 g/mol. The lowest BCUT2D eigenvalue weighted by molar-refractivity contribution is -0.154. The van der Waals surface area contributed by atoms with E-state index in [4.69, 9.17) is 9.47 Å². The van der Waals surface area contributed by atoms with E-state index in [-0.39, 0.29) is 19.2 Å². The SMILES string of the molecule is CC/C=C\C/C=C\C/C=C\C/C=C\C/C=C\C/C=C\CCCCC(=O)OC(CO)COCCCCCC/C=C\C/C=C\C/C=C\C/C=C\C/C=C\CC. The second-order valence-electron chi connectivity index (χ2n) is 12.9. The molecular formula is C49H76O4. The molecule has 0 aromatic rings. The normalized spacial score (nSPS) is 13.8. The number of carbonyl (C=O) groups excluding carboxylic acids is 1. The lowest BCUT2D eigenvalue weighted by Crippen LogP contribution is -2.27. The van der Waals surface area contributed by atoms with Gasteiger partial charge in [-0.15, -0.1) is 0 Å². The van der Waals surface area contributed by atoms with Gasteiger partial charge in [-0.05, 0) is 109 Å². The monoisotopic (exact) mass is 729 g/mol. The van der Waals surface area contributed by atoms with E-state index in [1.165, 1.54) is 12.8 Å². The third-order valence-electron chi connectivity index (χ3n) is 7.97. The molecule has 1 unspecified atom stereocenters. The fourth-order valence-electron chi connectivity index (χ4n) is 4.94. The maximum Gasteiger partial charge on any atom is 0.306 e. The van der Waals surface area contributed by atoms with Gasteiger partial charge in [-0.2, -0.15) is 0 Å². The van der Waals surface area contributed by atoms with Gasteiger partial charge in [-0.1, -0.05) is 160 Å². The number of hydrogen-bond acceptors (Lipinski definition) is 4. The van der Waals surface area contributed by atoms with Crippen molar-refractivity contribution in [1.29, 1.82) is 0 Å². The highest BCUT2D eigenvalue weighted by molar-refractivity contribution is 5.69. The zero-order valence-electron chi connectivity index (χ0n) is 33.7. The predicted molar refractivity (Wildman–Crippen MR) is 232 cm³/mol. The van der Waals surface area contributed by atoms with E-state index >= 15 is 0 Å². The maximum atomic E-state index is 12.2. The van der Waals surface area contributed by atoms with E-state index in [0.717, 1.165) is 109 Å². The molecule has 0 saturated heterocycles. The number of hydrogen-bond donors (Lipinski definition) is 1. The number of carbonyl (C=O) groups is 1. The first-order valence-corrected chi connectivity index (χ1v) is 20.8. The van der Waals surface area contributed by atoms with E-state index in [1.807, 2.05) is 0 Å². The highest BCUT2D eigenvalue weighted by Gasteiger charge is 2.13. The van der Waals surface area contributed by atoms with Crippen molar-refractivity contribution in [3.63, 3.8) is 0 Å².